The molecular weight excluding hydrogens is 280 g/mol. The highest BCUT2D eigenvalue weighted by Crippen LogP contribution is 2.44. The Morgan fingerprint density at radius 1 is 1.27 bits per heavy atom. The Kier molecular flexibility index (Phi) is 8.67. The lowest BCUT2D eigenvalue weighted by Gasteiger charge is -2.38. The minimum Gasteiger partial charge on any atom is -0.241 e. The summed E-state index contributed by atoms with van der Waals surface area (Å²) in [6, 6.07) is 0. The van der Waals surface area contributed by atoms with E-state index in [1.807, 2.05) is 0 Å². The molecule has 1 heterocycles. The van der Waals surface area contributed by atoms with Gasteiger partial charge in [0.15, 0.2) is 0 Å². The van der Waals surface area contributed by atoms with E-state index in [9.17, 15) is 0 Å². The standard InChI is InChI=1S/C10H22S5/c11-2-3-14-7-10-5-9(6-12)1-4-15(10)8-13/h9-13,15H,1-8H2. The topological polar surface area (TPSA) is 0 Å². The van der Waals surface area contributed by atoms with E-state index < -0.39 is 0 Å². The summed E-state index contributed by atoms with van der Waals surface area (Å²) >= 11 is 15.3. The summed E-state index contributed by atoms with van der Waals surface area (Å²) in [6.07, 6.45) is 2.79. The third-order valence-corrected chi connectivity index (χ3v) is 9.06. The summed E-state index contributed by atoms with van der Waals surface area (Å²) in [7, 11) is 0.203. The maximum Gasteiger partial charge on any atom is 0.0184 e. The van der Waals surface area contributed by atoms with Crippen LogP contribution >= 0.6 is 60.5 Å². The van der Waals surface area contributed by atoms with E-state index >= 15 is 0 Å². The zero-order chi connectivity index (χ0) is 11.1. The molecule has 1 aliphatic heterocycles. The molecule has 1 aliphatic rings. The van der Waals surface area contributed by atoms with Crippen LogP contribution in [0.4, 0.5) is 0 Å². The minimum atomic E-state index is 0.203. The molecule has 1 rings (SSSR count). The number of hydrogen-bond acceptors (Lipinski definition) is 4. The van der Waals surface area contributed by atoms with Gasteiger partial charge in [0, 0.05) is 16.6 Å². The fourth-order valence-corrected chi connectivity index (χ4v) is 7.72. The normalized spacial score (nSPS) is 34.2. The van der Waals surface area contributed by atoms with Gasteiger partial charge >= 0.3 is 0 Å². The highest BCUT2D eigenvalue weighted by atomic mass is 32.2. The zero-order valence-electron chi connectivity index (χ0n) is 9.01. The molecule has 3 atom stereocenters. The molecule has 0 radical (unpaired) electrons. The molecule has 0 bridgehead atoms. The van der Waals surface area contributed by atoms with Crippen LogP contribution in [0.1, 0.15) is 12.8 Å². The molecule has 0 aromatic heterocycles. The summed E-state index contributed by atoms with van der Waals surface area (Å²) in [5, 5.41) is 2.06. The van der Waals surface area contributed by atoms with Crippen molar-refractivity contribution >= 4 is 60.5 Å². The summed E-state index contributed by atoms with van der Waals surface area (Å²) in [4.78, 5) is 0. The summed E-state index contributed by atoms with van der Waals surface area (Å²) in [5.74, 6) is 6.90. The first-order valence-corrected chi connectivity index (χ1v) is 10.3. The average molecular weight is 303 g/mol. The Morgan fingerprint density at radius 2 is 2.07 bits per heavy atom. The van der Waals surface area contributed by atoms with Crippen LogP contribution in [-0.2, 0) is 0 Å². The minimum absolute atomic E-state index is 0.203. The smallest absolute Gasteiger partial charge is 0.0184 e. The monoisotopic (exact) mass is 302 g/mol. The Bertz CT molecular complexity index is 164. The van der Waals surface area contributed by atoms with Crippen LogP contribution in [-0.4, -0.2) is 39.1 Å². The molecule has 0 saturated carbocycles. The van der Waals surface area contributed by atoms with E-state index in [0.29, 0.717) is 0 Å². The molecule has 0 aromatic rings. The third kappa shape index (κ3) is 5.28. The number of rotatable bonds is 6. The number of thiol groups is 4. The van der Waals surface area contributed by atoms with Crippen LogP contribution in [0.3, 0.4) is 0 Å². The highest BCUT2D eigenvalue weighted by Gasteiger charge is 2.26. The second kappa shape index (κ2) is 8.78. The first-order valence-electron chi connectivity index (χ1n) is 5.46. The molecule has 0 amide bonds. The van der Waals surface area contributed by atoms with Gasteiger partial charge in [0.25, 0.3) is 0 Å². The van der Waals surface area contributed by atoms with Gasteiger partial charge in [-0.15, -0.1) is 0 Å². The molecule has 1 saturated heterocycles. The van der Waals surface area contributed by atoms with Crippen molar-refractivity contribution in [1.29, 1.82) is 0 Å². The molecule has 0 aliphatic carbocycles. The van der Waals surface area contributed by atoms with Crippen LogP contribution in [0.15, 0.2) is 0 Å². The third-order valence-electron chi connectivity index (χ3n) is 2.93. The average Bonchev–Trinajstić information content (AvgIpc) is 2.29. The molecule has 92 valence electrons. The number of hydrogen-bond donors (Lipinski definition) is 4. The Balaban J connectivity index is 2.33. The molecule has 3 unspecified atom stereocenters. The van der Waals surface area contributed by atoms with Crippen LogP contribution in [0.2, 0.25) is 0 Å². The Morgan fingerprint density at radius 3 is 2.67 bits per heavy atom. The van der Waals surface area contributed by atoms with Crippen molar-refractivity contribution in [2.75, 3.05) is 33.8 Å². The zero-order valence-corrected chi connectivity index (χ0v) is 13.4. The molecule has 0 spiro atoms. The van der Waals surface area contributed by atoms with E-state index in [-0.39, 0.29) is 10.9 Å². The Hall–Kier alpha value is 1.75. The van der Waals surface area contributed by atoms with E-state index in [4.69, 9.17) is 0 Å². The van der Waals surface area contributed by atoms with Gasteiger partial charge in [0.2, 0.25) is 0 Å². The van der Waals surface area contributed by atoms with E-state index in [1.165, 1.54) is 30.1 Å². The second-order valence-electron chi connectivity index (χ2n) is 3.98. The van der Waals surface area contributed by atoms with Gasteiger partial charge in [-0.1, -0.05) is 0 Å². The van der Waals surface area contributed by atoms with Crippen molar-refractivity contribution in [3.8, 4) is 0 Å². The van der Waals surface area contributed by atoms with Crippen LogP contribution < -0.4 is 0 Å². The molecule has 15 heavy (non-hydrogen) atoms. The highest BCUT2D eigenvalue weighted by molar-refractivity contribution is 8.24. The van der Waals surface area contributed by atoms with Gasteiger partial charge in [0.1, 0.15) is 0 Å². The lowest BCUT2D eigenvalue weighted by Crippen LogP contribution is -2.26. The fourth-order valence-electron chi connectivity index (χ4n) is 1.99. The van der Waals surface area contributed by atoms with Crippen molar-refractivity contribution in [2.45, 2.75) is 18.1 Å². The van der Waals surface area contributed by atoms with Gasteiger partial charge < -0.3 is 0 Å². The molecule has 0 N–H and O–H groups in total. The SMILES string of the molecule is SCCSCC1CC(CS)CC[SH]1CS. The lowest BCUT2D eigenvalue weighted by molar-refractivity contribution is 0.513. The molecular formula is C10H22S5. The quantitative estimate of drug-likeness (QED) is 0.432. The van der Waals surface area contributed by atoms with Crippen molar-refractivity contribution in [3.05, 3.63) is 0 Å². The summed E-state index contributed by atoms with van der Waals surface area (Å²) in [5.41, 5.74) is 0. The van der Waals surface area contributed by atoms with Crippen LogP contribution in [0, 0.1) is 5.92 Å². The van der Waals surface area contributed by atoms with Crippen molar-refractivity contribution in [2.24, 2.45) is 5.92 Å². The predicted octanol–water partition coefficient (Wildman–Crippen LogP) is 3.25. The molecule has 1 fully saturated rings. The van der Waals surface area contributed by atoms with Gasteiger partial charge in [-0.2, -0.15) is 49.6 Å². The first kappa shape index (κ1) is 14.8. The largest absolute Gasteiger partial charge is 0.241 e. The lowest BCUT2D eigenvalue weighted by atomic mass is 10.0. The maximum atomic E-state index is 4.51. The molecule has 0 nitrogen and oxygen atoms in total. The van der Waals surface area contributed by atoms with Crippen LogP contribution in [0.5, 0.6) is 0 Å². The van der Waals surface area contributed by atoms with Gasteiger partial charge in [-0.25, -0.2) is 10.9 Å². The Labute approximate surface area is 118 Å². The van der Waals surface area contributed by atoms with E-state index in [1.54, 1.807) is 0 Å². The number of thioether (sulfide) groups is 1. The van der Waals surface area contributed by atoms with E-state index in [0.717, 1.165) is 27.8 Å². The molecule has 0 aromatic carbocycles. The molecule has 5 heteroatoms. The van der Waals surface area contributed by atoms with Gasteiger partial charge in [-0.3, -0.25) is 0 Å². The summed E-state index contributed by atoms with van der Waals surface area (Å²) in [6.45, 7) is 0. The first-order chi connectivity index (χ1) is 7.31. The van der Waals surface area contributed by atoms with Crippen molar-refractivity contribution in [1.82, 2.24) is 0 Å². The van der Waals surface area contributed by atoms with E-state index in [2.05, 4.69) is 49.6 Å². The predicted molar refractivity (Wildman–Crippen MR) is 89.2 cm³/mol. The van der Waals surface area contributed by atoms with Crippen LogP contribution in [0.25, 0.3) is 0 Å². The summed E-state index contributed by atoms with van der Waals surface area (Å²) < 4.78 is 0. The fraction of sp³-hybridized carbons (Fsp3) is 1.00. The second-order valence-corrected chi connectivity index (χ2v) is 9.43. The van der Waals surface area contributed by atoms with Crippen molar-refractivity contribution < 1.29 is 0 Å². The van der Waals surface area contributed by atoms with Crippen molar-refractivity contribution in [3.63, 3.8) is 0 Å². The maximum absolute atomic E-state index is 4.51. The van der Waals surface area contributed by atoms with Gasteiger partial charge in [-0.05, 0) is 41.3 Å². The van der Waals surface area contributed by atoms with Gasteiger partial charge in [0.05, 0.1) is 0 Å².